The van der Waals surface area contributed by atoms with Gasteiger partial charge in [-0.25, -0.2) is 17.8 Å². The number of rotatable bonds is 7. The number of ketones is 1. The normalized spacial score (nSPS) is 17.2. The van der Waals surface area contributed by atoms with E-state index in [0.717, 1.165) is 40.1 Å². The summed E-state index contributed by atoms with van der Waals surface area (Å²) in [5.74, 6) is -0.0574. The topological polar surface area (TPSA) is 90.9 Å². The molecule has 8 nitrogen and oxygen atoms in total. The molecule has 7 rings (SSSR count). The first-order valence-corrected chi connectivity index (χ1v) is 18.0. The molecule has 0 radical (unpaired) electrons. The average molecular weight is 659 g/mol. The number of carbonyl (C=O) groups excluding carboxylic acids is 2. The Kier molecular flexibility index (Phi) is 8.25. The van der Waals surface area contributed by atoms with Crippen LogP contribution >= 0.6 is 11.3 Å². The zero-order valence-corrected chi connectivity index (χ0v) is 27.2. The largest absolute Gasteiger partial charge is 0.355 e. The van der Waals surface area contributed by atoms with Gasteiger partial charge in [0.15, 0.2) is 5.78 Å². The van der Waals surface area contributed by atoms with Crippen LogP contribution in [0.15, 0.2) is 66.7 Å². The number of sulfonamides is 1. The van der Waals surface area contributed by atoms with Crippen molar-refractivity contribution in [3.05, 3.63) is 99.8 Å². The molecule has 0 atom stereocenters. The maximum absolute atomic E-state index is 14.5. The molecule has 1 aliphatic carbocycles. The molecule has 2 aromatic carbocycles. The van der Waals surface area contributed by atoms with Crippen molar-refractivity contribution >= 4 is 44.6 Å². The second-order valence-electron chi connectivity index (χ2n) is 12.2. The molecule has 2 fully saturated rings. The summed E-state index contributed by atoms with van der Waals surface area (Å²) in [5, 5.41) is -0.227. The molecule has 0 N–H and O–H groups in total. The molecule has 0 bridgehead atoms. The monoisotopic (exact) mass is 658 g/mol. The van der Waals surface area contributed by atoms with E-state index < -0.39 is 10.0 Å². The minimum Gasteiger partial charge on any atom is -0.355 e. The fraction of sp³-hybridized carbons (Fsp3) is 0.343. The van der Waals surface area contributed by atoms with Crippen molar-refractivity contribution in [2.24, 2.45) is 0 Å². The van der Waals surface area contributed by atoms with Gasteiger partial charge in [0.2, 0.25) is 10.0 Å². The molecule has 3 aliphatic rings. The zero-order chi connectivity index (χ0) is 32.0. The highest BCUT2D eigenvalue weighted by molar-refractivity contribution is 7.90. The van der Waals surface area contributed by atoms with E-state index in [1.165, 1.54) is 17.4 Å². The summed E-state index contributed by atoms with van der Waals surface area (Å²) in [6.45, 7) is 4.30. The van der Waals surface area contributed by atoms with Gasteiger partial charge in [-0.2, -0.15) is 4.31 Å². The molecule has 0 spiro atoms. The van der Waals surface area contributed by atoms with E-state index in [-0.39, 0.29) is 29.2 Å². The Balaban J connectivity index is 1.11. The summed E-state index contributed by atoms with van der Waals surface area (Å²) in [7, 11) is -3.24. The van der Waals surface area contributed by atoms with Gasteiger partial charge in [-0.3, -0.25) is 9.59 Å². The number of hydrogen-bond donors (Lipinski definition) is 0. The summed E-state index contributed by atoms with van der Waals surface area (Å²) in [6.07, 6.45) is 2.73. The Bertz CT molecular complexity index is 1920. The zero-order valence-electron chi connectivity index (χ0n) is 25.6. The fourth-order valence-electron chi connectivity index (χ4n) is 6.39. The summed E-state index contributed by atoms with van der Waals surface area (Å²) in [5.41, 5.74) is 4.10. The third-order valence-electron chi connectivity index (χ3n) is 9.10. The van der Waals surface area contributed by atoms with Gasteiger partial charge in [0.25, 0.3) is 5.91 Å². The number of halogens is 1. The Labute approximate surface area is 272 Å². The fourth-order valence-corrected chi connectivity index (χ4v) is 9.45. The number of amides is 1. The Morgan fingerprint density at radius 1 is 0.957 bits per heavy atom. The molecule has 2 aromatic heterocycles. The predicted octanol–water partition coefficient (Wildman–Crippen LogP) is 5.89. The number of benzene rings is 2. The van der Waals surface area contributed by atoms with Crippen LogP contribution in [0.2, 0.25) is 0 Å². The van der Waals surface area contributed by atoms with Gasteiger partial charge in [0, 0.05) is 49.6 Å². The molecule has 46 heavy (non-hydrogen) atoms. The number of anilines is 2. The maximum atomic E-state index is 14.5. The van der Waals surface area contributed by atoms with Crippen molar-refractivity contribution in [3.8, 4) is 10.4 Å². The van der Waals surface area contributed by atoms with Crippen LogP contribution in [0.1, 0.15) is 56.1 Å². The standard InChI is InChI=1S/C35H35FN4O4S2/c1-23-7-4-9-28(36)27(23)22-31(41)32-21-24-15-18-40(30-11-3-2-8-26(30)34(24)45-32)35(42)29-10-5-12-33(37-29)38-16-6-17-39(20-19-38)46(43,44)25-13-14-25/h2-5,7-12,21,25H,6,13-20,22H2,1H3. The van der Waals surface area contributed by atoms with E-state index in [2.05, 4.69) is 4.90 Å². The van der Waals surface area contributed by atoms with Crippen molar-refractivity contribution in [3.63, 3.8) is 0 Å². The number of aryl methyl sites for hydroxylation is 1. The first-order valence-electron chi connectivity index (χ1n) is 15.7. The molecule has 1 saturated carbocycles. The Morgan fingerprint density at radius 3 is 2.57 bits per heavy atom. The van der Waals surface area contributed by atoms with Crippen LogP contribution in [0.5, 0.6) is 0 Å². The van der Waals surface area contributed by atoms with Gasteiger partial charge < -0.3 is 9.80 Å². The molecule has 1 amide bonds. The lowest BCUT2D eigenvalue weighted by Gasteiger charge is -2.25. The summed E-state index contributed by atoms with van der Waals surface area (Å²) >= 11 is 1.39. The number of nitrogens with zero attached hydrogens (tertiary/aromatic N) is 4. The van der Waals surface area contributed by atoms with Crippen molar-refractivity contribution in [1.29, 1.82) is 0 Å². The highest BCUT2D eigenvalue weighted by Crippen LogP contribution is 2.42. The Hall–Kier alpha value is -3.93. The highest BCUT2D eigenvalue weighted by Gasteiger charge is 2.40. The molecule has 238 valence electrons. The molecule has 1 saturated heterocycles. The lowest BCUT2D eigenvalue weighted by Crippen LogP contribution is -2.37. The van der Waals surface area contributed by atoms with E-state index >= 15 is 0 Å². The first kappa shape index (κ1) is 30.7. The van der Waals surface area contributed by atoms with Gasteiger partial charge in [-0.05, 0) is 79.6 Å². The molecule has 0 unspecified atom stereocenters. The minimum absolute atomic E-state index is 0.00243. The van der Waals surface area contributed by atoms with Crippen LogP contribution in [0, 0.1) is 12.7 Å². The van der Waals surface area contributed by atoms with Crippen molar-refractivity contribution < 1.29 is 22.4 Å². The van der Waals surface area contributed by atoms with Crippen molar-refractivity contribution in [2.45, 2.75) is 44.3 Å². The minimum atomic E-state index is -3.24. The number of carbonyl (C=O) groups is 2. The van der Waals surface area contributed by atoms with Gasteiger partial charge in [-0.1, -0.05) is 36.4 Å². The van der Waals surface area contributed by atoms with E-state index in [9.17, 15) is 22.4 Å². The molecular formula is C35H35FN4O4S2. The highest BCUT2D eigenvalue weighted by atomic mass is 32.2. The van der Waals surface area contributed by atoms with Crippen LogP contribution in [0.25, 0.3) is 10.4 Å². The second kappa shape index (κ2) is 12.4. The van der Waals surface area contributed by atoms with Crippen LogP contribution in [0.4, 0.5) is 15.9 Å². The van der Waals surface area contributed by atoms with Crippen LogP contribution < -0.4 is 9.80 Å². The molecule has 2 aliphatic heterocycles. The van der Waals surface area contributed by atoms with E-state index in [4.69, 9.17) is 4.98 Å². The van der Waals surface area contributed by atoms with Crippen molar-refractivity contribution in [2.75, 3.05) is 42.5 Å². The quantitative estimate of drug-likeness (QED) is 0.230. The molecule has 4 heterocycles. The predicted molar refractivity (Wildman–Crippen MR) is 179 cm³/mol. The van der Waals surface area contributed by atoms with Gasteiger partial charge in [0.05, 0.1) is 15.8 Å². The summed E-state index contributed by atoms with van der Waals surface area (Å²) in [6, 6.07) is 19.9. The third kappa shape index (κ3) is 5.87. The number of pyridine rings is 1. The number of thiophene rings is 1. The van der Waals surface area contributed by atoms with Gasteiger partial charge in [0.1, 0.15) is 17.3 Å². The van der Waals surface area contributed by atoms with Crippen molar-refractivity contribution in [1.82, 2.24) is 9.29 Å². The molecular weight excluding hydrogens is 624 g/mol. The number of para-hydroxylation sites is 1. The molecule has 11 heteroatoms. The van der Waals surface area contributed by atoms with E-state index in [0.29, 0.717) is 67.5 Å². The number of Topliss-reactive ketones (excluding diaryl/α,β-unsaturated/α-hetero) is 1. The number of hydrogen-bond acceptors (Lipinski definition) is 7. The summed E-state index contributed by atoms with van der Waals surface area (Å²) in [4.78, 5) is 37.5. The van der Waals surface area contributed by atoms with Gasteiger partial charge in [-0.15, -0.1) is 11.3 Å². The maximum Gasteiger partial charge on any atom is 0.276 e. The number of fused-ring (bicyclic) bond motifs is 3. The smallest absolute Gasteiger partial charge is 0.276 e. The SMILES string of the molecule is Cc1cccc(F)c1CC(=O)c1cc2c(s1)-c1ccccc1N(C(=O)c1cccc(N3CCCN(S(=O)(=O)C4CC4)CC3)n1)CC2. The average Bonchev–Trinajstić information content (AvgIpc) is 3.89. The first-order chi connectivity index (χ1) is 22.2. The van der Waals surface area contributed by atoms with Gasteiger partial charge >= 0.3 is 0 Å². The third-order valence-corrected chi connectivity index (χ3v) is 12.8. The van der Waals surface area contributed by atoms with Crippen LogP contribution in [-0.4, -0.2) is 67.4 Å². The lowest BCUT2D eigenvalue weighted by atomic mass is 10.0. The number of aromatic nitrogens is 1. The Morgan fingerprint density at radius 2 is 1.76 bits per heavy atom. The lowest BCUT2D eigenvalue weighted by molar-refractivity contribution is 0.0978. The second-order valence-corrected chi connectivity index (χ2v) is 15.5. The van der Waals surface area contributed by atoms with E-state index in [1.54, 1.807) is 21.3 Å². The summed E-state index contributed by atoms with van der Waals surface area (Å²) < 4.78 is 41.7. The van der Waals surface area contributed by atoms with Crippen LogP contribution in [0.3, 0.4) is 0 Å². The van der Waals surface area contributed by atoms with E-state index in [1.807, 2.05) is 55.5 Å². The van der Waals surface area contributed by atoms with Crippen LogP contribution in [-0.2, 0) is 22.9 Å². The molecule has 4 aromatic rings.